The number of hydrogen-bond acceptors (Lipinski definition) is 7. The molecule has 2 fully saturated rings. The highest BCUT2D eigenvalue weighted by Crippen LogP contribution is 2.40. The van der Waals surface area contributed by atoms with Crippen LogP contribution in [-0.2, 0) is 22.5 Å². The molecule has 234 valence electrons. The van der Waals surface area contributed by atoms with Crippen molar-refractivity contribution in [2.75, 3.05) is 25.1 Å². The number of aliphatic carboxylic acids is 1. The van der Waals surface area contributed by atoms with Crippen LogP contribution in [0.5, 0.6) is 11.5 Å². The molecule has 2 aliphatic rings. The van der Waals surface area contributed by atoms with Crippen LogP contribution in [0.1, 0.15) is 36.3 Å². The second-order valence-corrected chi connectivity index (χ2v) is 10.6. The van der Waals surface area contributed by atoms with Crippen molar-refractivity contribution in [3.63, 3.8) is 0 Å². The third kappa shape index (κ3) is 6.79. The number of alkyl halides is 5. The number of anilines is 1. The lowest BCUT2D eigenvalue weighted by Gasteiger charge is -2.39. The second kappa shape index (κ2) is 11.8. The standard InChI is InChI=1S/C30H28F5N3O6/c1-17-27(19-4-3-5-20(13-19)44-30(33,34)35)43-28(41)38(17)14-23-21(8-10-25(36-23)37-15-29(31,32)16-37)22-12-18(7-11-26(39)40)6-9-24(22)42-2/h3-6,8-10,12-13,17,27H,7,11,14-16H2,1-2H3,(H,39,40). The Labute approximate surface area is 248 Å². The normalized spacial score (nSPS) is 19.4. The van der Waals surface area contributed by atoms with E-state index in [0.29, 0.717) is 28.1 Å². The van der Waals surface area contributed by atoms with Gasteiger partial charge in [0.05, 0.1) is 38.5 Å². The number of ether oxygens (including phenoxy) is 3. The Morgan fingerprint density at radius 1 is 1.11 bits per heavy atom. The van der Waals surface area contributed by atoms with Crippen LogP contribution in [0.4, 0.5) is 32.6 Å². The van der Waals surface area contributed by atoms with E-state index in [1.54, 1.807) is 37.3 Å². The first kappa shape index (κ1) is 30.8. The summed E-state index contributed by atoms with van der Waals surface area (Å²) in [5.41, 5.74) is 2.37. The fourth-order valence-corrected chi connectivity index (χ4v) is 5.29. The molecule has 3 heterocycles. The number of carbonyl (C=O) groups is 2. The third-order valence-corrected chi connectivity index (χ3v) is 7.44. The lowest BCUT2D eigenvalue weighted by Crippen LogP contribution is -2.56. The van der Waals surface area contributed by atoms with E-state index in [4.69, 9.17) is 14.6 Å². The van der Waals surface area contributed by atoms with E-state index in [1.807, 2.05) is 0 Å². The number of amides is 1. The van der Waals surface area contributed by atoms with E-state index in [2.05, 4.69) is 9.72 Å². The minimum Gasteiger partial charge on any atom is -0.496 e. The lowest BCUT2D eigenvalue weighted by atomic mass is 9.97. The highest BCUT2D eigenvalue weighted by molar-refractivity contribution is 5.76. The van der Waals surface area contributed by atoms with E-state index in [9.17, 15) is 31.5 Å². The van der Waals surface area contributed by atoms with Gasteiger partial charge in [-0.05, 0) is 60.9 Å². The van der Waals surface area contributed by atoms with Crippen molar-refractivity contribution in [3.8, 4) is 22.6 Å². The third-order valence-electron chi connectivity index (χ3n) is 7.44. The van der Waals surface area contributed by atoms with Gasteiger partial charge in [-0.25, -0.2) is 18.6 Å². The van der Waals surface area contributed by atoms with Crippen LogP contribution in [-0.4, -0.2) is 65.6 Å². The number of halogens is 5. The van der Waals surface area contributed by atoms with Crippen LogP contribution >= 0.6 is 0 Å². The number of nitrogens with zero attached hydrogens (tertiary/aromatic N) is 3. The first-order valence-corrected chi connectivity index (χ1v) is 13.6. The zero-order chi connectivity index (χ0) is 31.8. The summed E-state index contributed by atoms with van der Waals surface area (Å²) in [7, 11) is 1.46. The molecule has 0 radical (unpaired) electrons. The zero-order valence-corrected chi connectivity index (χ0v) is 23.6. The Kier molecular flexibility index (Phi) is 8.28. The number of carboxylic acid groups (broad SMARTS) is 1. The molecule has 14 heteroatoms. The smallest absolute Gasteiger partial charge is 0.496 e. The van der Waals surface area contributed by atoms with Gasteiger partial charge in [-0.15, -0.1) is 13.2 Å². The number of benzene rings is 2. The molecule has 9 nitrogen and oxygen atoms in total. The zero-order valence-electron chi connectivity index (χ0n) is 23.6. The summed E-state index contributed by atoms with van der Waals surface area (Å²) < 4.78 is 80.8. The maximum atomic E-state index is 13.7. The van der Waals surface area contributed by atoms with Crippen molar-refractivity contribution in [3.05, 3.63) is 71.4 Å². The van der Waals surface area contributed by atoms with Gasteiger partial charge in [0.2, 0.25) is 0 Å². The molecule has 2 aliphatic heterocycles. The second-order valence-electron chi connectivity index (χ2n) is 10.6. The SMILES string of the molecule is COc1ccc(CCC(=O)O)cc1-c1ccc(N2CC(F)(F)C2)nc1CN1C(=O)OC(c2cccc(OC(F)(F)F)c2)C1C. The van der Waals surface area contributed by atoms with Gasteiger partial charge in [-0.1, -0.05) is 18.2 Å². The van der Waals surface area contributed by atoms with Crippen molar-refractivity contribution in [1.29, 1.82) is 0 Å². The quantitative estimate of drug-likeness (QED) is 0.267. The molecule has 0 bridgehead atoms. The molecule has 0 spiro atoms. The molecular weight excluding hydrogens is 593 g/mol. The van der Waals surface area contributed by atoms with Crippen molar-refractivity contribution >= 4 is 17.9 Å². The average molecular weight is 622 g/mol. The Bertz CT molecular complexity index is 1560. The largest absolute Gasteiger partial charge is 0.573 e. The topological polar surface area (TPSA) is 101 Å². The fraction of sp³-hybridized carbons (Fsp3) is 0.367. The Morgan fingerprint density at radius 3 is 2.52 bits per heavy atom. The molecule has 1 N–H and O–H groups in total. The number of hydrogen-bond donors (Lipinski definition) is 1. The number of rotatable bonds is 10. The molecule has 0 aliphatic carbocycles. The Balaban J connectivity index is 1.49. The van der Waals surface area contributed by atoms with E-state index in [1.165, 1.54) is 29.0 Å². The molecule has 3 aromatic rings. The molecule has 1 amide bonds. The summed E-state index contributed by atoms with van der Waals surface area (Å²) in [6.45, 7) is 0.491. The number of cyclic esters (lactones) is 1. The summed E-state index contributed by atoms with van der Waals surface area (Å²) in [5.74, 6) is -3.58. The highest BCUT2D eigenvalue weighted by atomic mass is 19.4. The Hall–Kier alpha value is -4.62. The van der Waals surface area contributed by atoms with Crippen LogP contribution in [0, 0.1) is 0 Å². The number of aryl methyl sites for hydroxylation is 1. The summed E-state index contributed by atoms with van der Waals surface area (Å²) in [6, 6.07) is 12.9. The van der Waals surface area contributed by atoms with Gasteiger partial charge in [-0.2, -0.15) is 0 Å². The highest BCUT2D eigenvalue weighted by Gasteiger charge is 2.45. The number of carboxylic acids is 1. The molecular formula is C30H28F5N3O6. The molecule has 2 unspecified atom stereocenters. The van der Waals surface area contributed by atoms with Crippen molar-refractivity contribution in [2.24, 2.45) is 0 Å². The predicted octanol–water partition coefficient (Wildman–Crippen LogP) is 6.21. The number of pyridine rings is 1. The minimum atomic E-state index is -4.90. The summed E-state index contributed by atoms with van der Waals surface area (Å²) in [5, 5.41) is 9.13. The van der Waals surface area contributed by atoms with Gasteiger partial charge < -0.3 is 24.2 Å². The van der Waals surface area contributed by atoms with Gasteiger partial charge in [-0.3, -0.25) is 9.69 Å². The fourth-order valence-electron chi connectivity index (χ4n) is 5.29. The van der Waals surface area contributed by atoms with E-state index < -0.39 is 55.3 Å². The molecule has 2 atom stereocenters. The summed E-state index contributed by atoms with van der Waals surface area (Å²) >= 11 is 0. The molecule has 2 aromatic carbocycles. The predicted molar refractivity (Wildman–Crippen MR) is 147 cm³/mol. The van der Waals surface area contributed by atoms with Crippen LogP contribution in [0.2, 0.25) is 0 Å². The maximum Gasteiger partial charge on any atom is 0.573 e. The van der Waals surface area contributed by atoms with Crippen molar-refractivity contribution < 1.29 is 50.9 Å². The van der Waals surface area contributed by atoms with Crippen LogP contribution in [0.15, 0.2) is 54.6 Å². The molecule has 0 saturated carbocycles. The first-order chi connectivity index (χ1) is 20.7. The van der Waals surface area contributed by atoms with Gasteiger partial charge in [0.1, 0.15) is 23.4 Å². The maximum absolute atomic E-state index is 13.7. The van der Waals surface area contributed by atoms with E-state index >= 15 is 0 Å². The van der Waals surface area contributed by atoms with Gasteiger partial charge in [0.15, 0.2) is 0 Å². The van der Waals surface area contributed by atoms with Crippen molar-refractivity contribution in [1.82, 2.24) is 9.88 Å². The first-order valence-electron chi connectivity index (χ1n) is 13.6. The molecule has 1 aromatic heterocycles. The van der Waals surface area contributed by atoms with Gasteiger partial charge in [0.25, 0.3) is 5.92 Å². The molecule has 5 rings (SSSR count). The van der Waals surface area contributed by atoms with Crippen molar-refractivity contribution in [2.45, 2.75) is 50.7 Å². The average Bonchev–Trinajstić information content (AvgIpc) is 3.22. The van der Waals surface area contributed by atoms with Crippen LogP contribution in [0.3, 0.4) is 0 Å². The molecule has 44 heavy (non-hydrogen) atoms. The van der Waals surface area contributed by atoms with Gasteiger partial charge in [0, 0.05) is 17.5 Å². The van der Waals surface area contributed by atoms with Crippen LogP contribution in [0.25, 0.3) is 11.1 Å². The number of carbonyl (C=O) groups excluding carboxylic acids is 1. The lowest BCUT2D eigenvalue weighted by molar-refractivity contribution is -0.274. The number of methoxy groups -OCH3 is 1. The summed E-state index contributed by atoms with van der Waals surface area (Å²) in [4.78, 5) is 31.7. The number of aromatic nitrogens is 1. The monoisotopic (exact) mass is 621 g/mol. The van der Waals surface area contributed by atoms with Crippen LogP contribution < -0.4 is 14.4 Å². The summed E-state index contributed by atoms with van der Waals surface area (Å²) in [6.07, 6.45) is -6.45. The Morgan fingerprint density at radius 2 is 1.86 bits per heavy atom. The van der Waals surface area contributed by atoms with Gasteiger partial charge >= 0.3 is 18.4 Å². The molecule has 2 saturated heterocycles. The van der Waals surface area contributed by atoms with E-state index in [-0.39, 0.29) is 30.8 Å². The van der Waals surface area contributed by atoms with E-state index in [0.717, 1.165) is 12.1 Å². The minimum absolute atomic E-state index is 0.104.